The standard InChI is InChI=1S/C14H22N2O/c1-17-14-5-7-16(8-6-14)11-13-4-2-3-12(9-13)10-15/h2-4,9,14H,5-8,10-11,15H2,1H3. The number of methoxy groups -OCH3 is 1. The molecule has 1 aromatic rings. The molecule has 0 spiro atoms. The lowest BCUT2D eigenvalue weighted by molar-refractivity contribution is 0.0388. The highest BCUT2D eigenvalue weighted by Crippen LogP contribution is 2.16. The van der Waals surface area contributed by atoms with Crippen LogP contribution in [-0.4, -0.2) is 31.2 Å². The van der Waals surface area contributed by atoms with E-state index < -0.39 is 0 Å². The molecular weight excluding hydrogens is 212 g/mol. The molecule has 2 rings (SSSR count). The van der Waals surface area contributed by atoms with Crippen LogP contribution in [0.15, 0.2) is 24.3 Å². The zero-order valence-corrected chi connectivity index (χ0v) is 10.6. The molecule has 3 nitrogen and oxygen atoms in total. The summed E-state index contributed by atoms with van der Waals surface area (Å²) >= 11 is 0. The molecule has 0 unspecified atom stereocenters. The minimum atomic E-state index is 0.460. The van der Waals surface area contributed by atoms with Crippen molar-refractivity contribution in [1.29, 1.82) is 0 Å². The van der Waals surface area contributed by atoms with Gasteiger partial charge in [0.25, 0.3) is 0 Å². The maximum Gasteiger partial charge on any atom is 0.0595 e. The molecule has 0 radical (unpaired) electrons. The van der Waals surface area contributed by atoms with E-state index in [1.807, 2.05) is 7.11 Å². The van der Waals surface area contributed by atoms with Crippen molar-refractivity contribution in [3.8, 4) is 0 Å². The van der Waals surface area contributed by atoms with E-state index in [0.29, 0.717) is 12.6 Å². The first-order chi connectivity index (χ1) is 8.31. The number of benzene rings is 1. The second kappa shape index (κ2) is 6.15. The van der Waals surface area contributed by atoms with E-state index in [1.54, 1.807) is 0 Å². The van der Waals surface area contributed by atoms with E-state index in [9.17, 15) is 0 Å². The first-order valence-corrected chi connectivity index (χ1v) is 6.35. The molecule has 2 N–H and O–H groups in total. The van der Waals surface area contributed by atoms with Crippen molar-refractivity contribution >= 4 is 0 Å². The van der Waals surface area contributed by atoms with Gasteiger partial charge in [-0.3, -0.25) is 4.90 Å². The fourth-order valence-corrected chi connectivity index (χ4v) is 2.42. The number of hydrogen-bond acceptors (Lipinski definition) is 3. The summed E-state index contributed by atoms with van der Waals surface area (Å²) in [5.41, 5.74) is 8.24. The fourth-order valence-electron chi connectivity index (χ4n) is 2.42. The molecule has 0 saturated carbocycles. The highest BCUT2D eigenvalue weighted by Gasteiger charge is 2.18. The van der Waals surface area contributed by atoms with Crippen LogP contribution >= 0.6 is 0 Å². The summed E-state index contributed by atoms with van der Waals surface area (Å²) in [5, 5.41) is 0. The molecule has 0 bridgehead atoms. The highest BCUT2D eigenvalue weighted by atomic mass is 16.5. The summed E-state index contributed by atoms with van der Waals surface area (Å²) in [4.78, 5) is 2.49. The number of rotatable bonds is 4. The van der Waals surface area contributed by atoms with Gasteiger partial charge in [0.2, 0.25) is 0 Å². The van der Waals surface area contributed by atoms with Crippen LogP contribution in [0.5, 0.6) is 0 Å². The van der Waals surface area contributed by atoms with Crippen molar-refractivity contribution in [2.24, 2.45) is 5.73 Å². The Labute approximate surface area is 104 Å². The Morgan fingerprint density at radius 2 is 2.00 bits per heavy atom. The van der Waals surface area contributed by atoms with E-state index in [4.69, 9.17) is 10.5 Å². The third kappa shape index (κ3) is 3.53. The Morgan fingerprint density at radius 1 is 1.29 bits per heavy atom. The Kier molecular flexibility index (Phi) is 4.54. The van der Waals surface area contributed by atoms with Crippen LogP contribution in [0, 0.1) is 0 Å². The van der Waals surface area contributed by atoms with Gasteiger partial charge in [-0.1, -0.05) is 24.3 Å². The van der Waals surface area contributed by atoms with Gasteiger partial charge in [0.1, 0.15) is 0 Å². The Morgan fingerprint density at radius 3 is 2.65 bits per heavy atom. The number of likely N-dealkylation sites (tertiary alicyclic amines) is 1. The predicted octanol–water partition coefficient (Wildman–Crippen LogP) is 1.76. The topological polar surface area (TPSA) is 38.5 Å². The lowest BCUT2D eigenvalue weighted by Gasteiger charge is -2.31. The van der Waals surface area contributed by atoms with E-state index in [1.165, 1.54) is 11.1 Å². The SMILES string of the molecule is COC1CCN(Cc2cccc(CN)c2)CC1. The zero-order valence-electron chi connectivity index (χ0n) is 10.6. The van der Waals surface area contributed by atoms with Crippen LogP contribution in [-0.2, 0) is 17.8 Å². The Bertz CT molecular complexity index is 346. The molecule has 17 heavy (non-hydrogen) atoms. The molecule has 1 fully saturated rings. The number of nitrogens with zero attached hydrogens (tertiary/aromatic N) is 1. The second-order valence-corrected chi connectivity index (χ2v) is 4.74. The van der Waals surface area contributed by atoms with Crippen LogP contribution in [0.4, 0.5) is 0 Å². The predicted molar refractivity (Wildman–Crippen MR) is 69.6 cm³/mol. The van der Waals surface area contributed by atoms with Crippen molar-refractivity contribution in [3.63, 3.8) is 0 Å². The van der Waals surface area contributed by atoms with Crippen LogP contribution in [0.25, 0.3) is 0 Å². The second-order valence-electron chi connectivity index (χ2n) is 4.74. The summed E-state index contributed by atoms with van der Waals surface area (Å²) in [5.74, 6) is 0. The lowest BCUT2D eigenvalue weighted by Crippen LogP contribution is -2.36. The normalized spacial score (nSPS) is 18.5. The maximum atomic E-state index is 5.66. The number of ether oxygens (including phenoxy) is 1. The molecule has 1 heterocycles. The van der Waals surface area contributed by atoms with Gasteiger partial charge >= 0.3 is 0 Å². The molecule has 0 atom stereocenters. The molecule has 0 aliphatic carbocycles. The van der Waals surface area contributed by atoms with Crippen LogP contribution in [0.2, 0.25) is 0 Å². The third-order valence-electron chi connectivity index (χ3n) is 3.50. The molecule has 1 aliphatic rings. The van der Waals surface area contributed by atoms with E-state index in [2.05, 4.69) is 29.2 Å². The first kappa shape index (κ1) is 12.6. The van der Waals surface area contributed by atoms with Gasteiger partial charge in [-0.25, -0.2) is 0 Å². The molecule has 0 aromatic heterocycles. The molecule has 1 aliphatic heterocycles. The number of hydrogen-bond donors (Lipinski definition) is 1. The summed E-state index contributed by atoms with van der Waals surface area (Å²) in [6, 6.07) is 8.57. The van der Waals surface area contributed by atoms with Crippen LogP contribution in [0.3, 0.4) is 0 Å². The summed E-state index contributed by atoms with van der Waals surface area (Å²) in [7, 11) is 1.81. The third-order valence-corrected chi connectivity index (χ3v) is 3.50. The monoisotopic (exact) mass is 234 g/mol. The molecule has 94 valence electrons. The summed E-state index contributed by atoms with van der Waals surface area (Å²) < 4.78 is 5.38. The van der Waals surface area contributed by atoms with Crippen molar-refractivity contribution in [2.45, 2.75) is 32.0 Å². The summed E-state index contributed by atoms with van der Waals surface area (Å²) in [6.45, 7) is 3.92. The average Bonchev–Trinajstić information content (AvgIpc) is 2.40. The van der Waals surface area contributed by atoms with Gasteiger partial charge in [0.15, 0.2) is 0 Å². The van der Waals surface area contributed by atoms with Crippen molar-refractivity contribution in [2.75, 3.05) is 20.2 Å². The molecular formula is C14H22N2O. The van der Waals surface area contributed by atoms with Crippen LogP contribution in [0.1, 0.15) is 24.0 Å². The fraction of sp³-hybridized carbons (Fsp3) is 0.571. The molecule has 1 saturated heterocycles. The molecule has 0 amide bonds. The summed E-state index contributed by atoms with van der Waals surface area (Å²) in [6.07, 6.45) is 2.75. The van der Waals surface area contributed by atoms with Crippen molar-refractivity contribution < 1.29 is 4.74 Å². The average molecular weight is 234 g/mol. The Hall–Kier alpha value is -0.900. The van der Waals surface area contributed by atoms with Crippen LogP contribution < -0.4 is 5.73 Å². The van der Waals surface area contributed by atoms with Gasteiger partial charge in [-0.2, -0.15) is 0 Å². The highest BCUT2D eigenvalue weighted by molar-refractivity contribution is 5.23. The number of nitrogens with two attached hydrogens (primary N) is 1. The minimum Gasteiger partial charge on any atom is -0.381 e. The van der Waals surface area contributed by atoms with Gasteiger partial charge in [-0.05, 0) is 24.0 Å². The minimum absolute atomic E-state index is 0.460. The smallest absolute Gasteiger partial charge is 0.0595 e. The maximum absolute atomic E-state index is 5.66. The molecule has 3 heteroatoms. The van der Waals surface area contributed by atoms with Gasteiger partial charge in [-0.15, -0.1) is 0 Å². The molecule has 1 aromatic carbocycles. The Balaban J connectivity index is 1.88. The largest absolute Gasteiger partial charge is 0.381 e. The van der Waals surface area contributed by atoms with Crippen molar-refractivity contribution in [1.82, 2.24) is 4.90 Å². The van der Waals surface area contributed by atoms with Gasteiger partial charge in [0.05, 0.1) is 6.10 Å². The quantitative estimate of drug-likeness (QED) is 0.862. The van der Waals surface area contributed by atoms with Crippen molar-refractivity contribution in [3.05, 3.63) is 35.4 Å². The van der Waals surface area contributed by atoms with Gasteiger partial charge in [0, 0.05) is 33.3 Å². The van der Waals surface area contributed by atoms with E-state index >= 15 is 0 Å². The zero-order chi connectivity index (χ0) is 12.1. The lowest BCUT2D eigenvalue weighted by atomic mass is 10.1. The first-order valence-electron chi connectivity index (χ1n) is 6.35. The van der Waals surface area contributed by atoms with E-state index in [-0.39, 0.29) is 0 Å². The number of piperidine rings is 1. The van der Waals surface area contributed by atoms with Gasteiger partial charge < -0.3 is 10.5 Å². The van der Waals surface area contributed by atoms with E-state index in [0.717, 1.165) is 32.5 Å².